The zero-order valence-corrected chi connectivity index (χ0v) is 16.6. The number of anilines is 3. The third-order valence-electron chi connectivity index (χ3n) is 4.29. The monoisotopic (exact) mass is 400 g/mol. The molecule has 0 radical (unpaired) electrons. The van der Waals surface area contributed by atoms with Crippen molar-refractivity contribution in [1.82, 2.24) is 4.90 Å². The van der Waals surface area contributed by atoms with Gasteiger partial charge in [-0.15, -0.1) is 11.3 Å². The van der Waals surface area contributed by atoms with E-state index >= 15 is 0 Å². The van der Waals surface area contributed by atoms with Crippen LogP contribution in [0.4, 0.5) is 30.4 Å². The third kappa shape index (κ3) is 4.40. The first-order valence-electron chi connectivity index (χ1n) is 8.76. The Bertz CT molecular complexity index is 1000. The number of nitrogens with zero attached hydrogens (tertiary/aromatic N) is 1. The first-order valence-corrected chi connectivity index (χ1v) is 9.58. The summed E-state index contributed by atoms with van der Waals surface area (Å²) in [5.41, 5.74) is 0.980. The summed E-state index contributed by atoms with van der Waals surface area (Å²) in [6.07, 6.45) is 0. The van der Waals surface area contributed by atoms with Gasteiger partial charge in [-0.05, 0) is 49.1 Å². The molecule has 0 aliphatic heterocycles. The molecule has 0 aliphatic carbocycles. The second kappa shape index (κ2) is 8.26. The number of carbonyl (C=O) groups excluding carboxylic acids is 2. The maximum Gasteiger partial charge on any atom is 0.324 e. The number of nitrogens with one attached hydrogen (secondary N) is 3. The largest absolute Gasteiger partial charge is 0.328 e. The summed E-state index contributed by atoms with van der Waals surface area (Å²) in [5, 5.41) is 9.62. The number of benzene rings is 2. The van der Waals surface area contributed by atoms with Gasteiger partial charge < -0.3 is 15.5 Å². The average Bonchev–Trinajstić information content (AvgIpc) is 3.06. The summed E-state index contributed by atoms with van der Waals surface area (Å²) < 4.78 is 15.3. The van der Waals surface area contributed by atoms with E-state index in [-0.39, 0.29) is 11.7 Å². The summed E-state index contributed by atoms with van der Waals surface area (Å²) in [4.78, 5) is 25.9. The minimum Gasteiger partial charge on any atom is -0.328 e. The Morgan fingerprint density at radius 2 is 1.82 bits per heavy atom. The number of aryl methyl sites for hydroxylation is 1. The lowest BCUT2D eigenvalue weighted by atomic mass is 10.1. The number of rotatable bonds is 4. The smallest absolute Gasteiger partial charge is 0.324 e. The fourth-order valence-corrected chi connectivity index (χ4v) is 3.52. The van der Waals surface area contributed by atoms with Gasteiger partial charge in [-0.1, -0.05) is 18.2 Å². The lowest BCUT2D eigenvalue weighted by Gasteiger charge is -2.18. The third-order valence-corrected chi connectivity index (χ3v) is 5.32. The Kier molecular flexibility index (Phi) is 5.79. The molecule has 2 aromatic carbocycles. The number of amides is 4. The number of carbonyl (C=O) groups is 2. The second-order valence-electron chi connectivity index (χ2n) is 6.32. The first-order chi connectivity index (χ1) is 13.4. The van der Waals surface area contributed by atoms with Crippen LogP contribution in [0.5, 0.6) is 0 Å². The molecule has 6 nitrogen and oxygen atoms in total. The van der Waals surface area contributed by atoms with Crippen LogP contribution in [0.3, 0.4) is 0 Å². The molecular formula is C20H21FN4O2S. The van der Waals surface area contributed by atoms with Crippen LogP contribution in [-0.2, 0) is 0 Å². The molecule has 0 saturated carbocycles. The number of fused-ring (bicyclic) bond motifs is 1. The highest BCUT2D eigenvalue weighted by Gasteiger charge is 2.14. The lowest BCUT2D eigenvalue weighted by molar-refractivity contribution is 0.224. The molecule has 0 spiro atoms. The molecule has 3 rings (SSSR count). The Morgan fingerprint density at radius 3 is 2.54 bits per heavy atom. The Hall–Kier alpha value is -3.13. The van der Waals surface area contributed by atoms with Crippen molar-refractivity contribution in [2.24, 2.45) is 0 Å². The number of halogens is 1. The van der Waals surface area contributed by atoms with Gasteiger partial charge in [0.25, 0.3) is 0 Å². The van der Waals surface area contributed by atoms with E-state index in [9.17, 15) is 14.0 Å². The van der Waals surface area contributed by atoms with Gasteiger partial charge in [0, 0.05) is 24.0 Å². The highest BCUT2D eigenvalue weighted by atomic mass is 32.1. The molecule has 28 heavy (non-hydrogen) atoms. The van der Waals surface area contributed by atoms with Gasteiger partial charge in [-0.3, -0.25) is 5.32 Å². The molecule has 0 bridgehead atoms. The molecular weight excluding hydrogens is 379 g/mol. The molecule has 0 aliphatic rings. The van der Waals surface area contributed by atoms with E-state index in [4.69, 9.17) is 0 Å². The van der Waals surface area contributed by atoms with Crippen LogP contribution in [0, 0.1) is 12.7 Å². The quantitative estimate of drug-likeness (QED) is 0.543. The predicted octanol–water partition coefficient (Wildman–Crippen LogP) is 5.48. The summed E-state index contributed by atoms with van der Waals surface area (Å²) in [6.45, 7) is 4.07. The highest BCUT2D eigenvalue weighted by Crippen LogP contribution is 2.30. The fraction of sp³-hybridized carbons (Fsp3) is 0.200. The van der Waals surface area contributed by atoms with Gasteiger partial charge in [0.2, 0.25) is 0 Å². The van der Waals surface area contributed by atoms with Crippen LogP contribution in [0.15, 0.2) is 42.5 Å². The van der Waals surface area contributed by atoms with E-state index in [1.807, 2.05) is 37.3 Å². The summed E-state index contributed by atoms with van der Waals surface area (Å²) in [7, 11) is 1.66. The van der Waals surface area contributed by atoms with Crippen molar-refractivity contribution >= 4 is 49.9 Å². The van der Waals surface area contributed by atoms with Crippen LogP contribution in [0.2, 0.25) is 0 Å². The molecule has 146 valence electrons. The van der Waals surface area contributed by atoms with Crippen molar-refractivity contribution in [3.63, 3.8) is 0 Å². The van der Waals surface area contributed by atoms with E-state index in [1.165, 1.54) is 28.4 Å². The van der Waals surface area contributed by atoms with Crippen molar-refractivity contribution in [2.45, 2.75) is 13.8 Å². The van der Waals surface area contributed by atoms with Crippen LogP contribution in [-0.4, -0.2) is 30.6 Å². The van der Waals surface area contributed by atoms with Gasteiger partial charge in [-0.25, -0.2) is 14.0 Å². The van der Waals surface area contributed by atoms with Gasteiger partial charge >= 0.3 is 12.1 Å². The molecule has 3 N–H and O–H groups in total. The Labute approximate surface area is 166 Å². The molecule has 1 heterocycles. The van der Waals surface area contributed by atoms with E-state index in [0.29, 0.717) is 22.8 Å². The van der Waals surface area contributed by atoms with Crippen LogP contribution < -0.4 is 16.0 Å². The zero-order valence-electron chi connectivity index (χ0n) is 15.8. The summed E-state index contributed by atoms with van der Waals surface area (Å²) in [6, 6.07) is 11.4. The Morgan fingerprint density at radius 1 is 1.07 bits per heavy atom. The fourth-order valence-electron chi connectivity index (χ4n) is 2.57. The standard InChI is InChI=1S/C20H21FN4O2S/c1-4-25(3)20(27)23-15-11-16(14(21)9-12(15)2)22-19(26)24-18-10-13-7-5-6-8-17(13)28-18/h5-11H,4H2,1-3H3,(H,23,27)(H2,22,24,26). The minimum absolute atomic E-state index is 0.0151. The van der Waals surface area contributed by atoms with Gasteiger partial charge in [0.1, 0.15) is 5.82 Å². The maximum atomic E-state index is 14.3. The highest BCUT2D eigenvalue weighted by molar-refractivity contribution is 7.22. The van der Waals surface area contributed by atoms with Gasteiger partial charge in [0.05, 0.1) is 10.7 Å². The van der Waals surface area contributed by atoms with Crippen molar-refractivity contribution in [3.05, 3.63) is 53.8 Å². The predicted molar refractivity (Wildman–Crippen MR) is 113 cm³/mol. The van der Waals surface area contributed by atoms with Crippen LogP contribution in [0.1, 0.15) is 12.5 Å². The normalized spacial score (nSPS) is 10.6. The van der Waals surface area contributed by atoms with Gasteiger partial charge in [0.15, 0.2) is 0 Å². The molecule has 0 saturated heterocycles. The molecule has 0 atom stereocenters. The van der Waals surface area contributed by atoms with Crippen molar-refractivity contribution in [1.29, 1.82) is 0 Å². The lowest BCUT2D eigenvalue weighted by Crippen LogP contribution is -2.31. The van der Waals surface area contributed by atoms with Crippen molar-refractivity contribution in [2.75, 3.05) is 29.5 Å². The summed E-state index contributed by atoms with van der Waals surface area (Å²) >= 11 is 1.43. The SMILES string of the molecule is CCN(C)C(=O)Nc1cc(NC(=O)Nc2cc3ccccc3s2)c(F)cc1C. The Balaban J connectivity index is 1.74. The van der Waals surface area contributed by atoms with Crippen molar-refractivity contribution in [3.8, 4) is 0 Å². The molecule has 0 fully saturated rings. The van der Waals surface area contributed by atoms with E-state index < -0.39 is 11.8 Å². The maximum absolute atomic E-state index is 14.3. The second-order valence-corrected chi connectivity index (χ2v) is 7.40. The van der Waals surface area contributed by atoms with Gasteiger partial charge in [-0.2, -0.15) is 0 Å². The summed E-state index contributed by atoms with van der Waals surface area (Å²) in [5.74, 6) is -0.578. The average molecular weight is 400 g/mol. The molecule has 1 aromatic heterocycles. The molecule has 4 amide bonds. The number of hydrogen-bond acceptors (Lipinski definition) is 3. The zero-order chi connectivity index (χ0) is 20.3. The molecule has 0 unspecified atom stereocenters. The number of urea groups is 2. The number of hydrogen-bond donors (Lipinski definition) is 3. The molecule has 3 aromatic rings. The minimum atomic E-state index is -0.578. The van der Waals surface area contributed by atoms with Crippen molar-refractivity contribution < 1.29 is 14.0 Å². The topological polar surface area (TPSA) is 73.5 Å². The van der Waals surface area contributed by atoms with Crippen LogP contribution >= 0.6 is 11.3 Å². The number of thiophene rings is 1. The molecule has 8 heteroatoms. The van der Waals surface area contributed by atoms with E-state index in [2.05, 4.69) is 16.0 Å². The van der Waals surface area contributed by atoms with Crippen LogP contribution in [0.25, 0.3) is 10.1 Å². The van der Waals surface area contributed by atoms with E-state index in [0.717, 1.165) is 10.1 Å². The first kappa shape index (κ1) is 19.6. The van der Waals surface area contributed by atoms with E-state index in [1.54, 1.807) is 14.0 Å².